The van der Waals surface area contributed by atoms with E-state index in [2.05, 4.69) is 9.97 Å². The van der Waals surface area contributed by atoms with Crippen LogP contribution in [0.2, 0.25) is 4.34 Å². The summed E-state index contributed by atoms with van der Waals surface area (Å²) >= 11 is 7.29. The van der Waals surface area contributed by atoms with Crippen molar-refractivity contribution in [3.05, 3.63) is 57.5 Å². The van der Waals surface area contributed by atoms with Gasteiger partial charge in [-0.05, 0) is 24.3 Å². The Morgan fingerprint density at radius 1 is 1.16 bits per heavy atom. The summed E-state index contributed by atoms with van der Waals surface area (Å²) in [6.45, 7) is 0. The van der Waals surface area contributed by atoms with E-state index in [1.165, 1.54) is 11.3 Å². The van der Waals surface area contributed by atoms with Crippen molar-refractivity contribution in [2.45, 2.75) is 6.42 Å². The molecular weight excluding hydrogens is 280 g/mol. The first kappa shape index (κ1) is 12.3. The van der Waals surface area contributed by atoms with Crippen molar-refractivity contribution in [3.63, 3.8) is 0 Å². The van der Waals surface area contributed by atoms with Crippen LogP contribution < -0.4 is 0 Å². The van der Waals surface area contributed by atoms with Crippen molar-refractivity contribution in [2.75, 3.05) is 0 Å². The molecule has 0 aliphatic rings. The summed E-state index contributed by atoms with van der Waals surface area (Å²) in [5.74, 6) is 0.0321. The largest absolute Gasteiger partial charge is 0.294 e. The summed E-state index contributed by atoms with van der Waals surface area (Å²) in [5, 5.41) is 0. The molecule has 5 heteroatoms. The zero-order chi connectivity index (χ0) is 13.2. The van der Waals surface area contributed by atoms with E-state index in [0.29, 0.717) is 21.8 Å². The van der Waals surface area contributed by atoms with Gasteiger partial charge in [0.25, 0.3) is 0 Å². The van der Waals surface area contributed by atoms with Gasteiger partial charge in [0.05, 0.1) is 15.4 Å². The highest BCUT2D eigenvalue weighted by molar-refractivity contribution is 7.16. The third-order valence-electron chi connectivity index (χ3n) is 2.76. The maximum Gasteiger partial charge on any atom is 0.170 e. The van der Waals surface area contributed by atoms with Gasteiger partial charge in [-0.1, -0.05) is 17.7 Å². The Bertz CT molecular complexity index is 749. The van der Waals surface area contributed by atoms with Gasteiger partial charge in [-0.3, -0.25) is 14.8 Å². The number of rotatable bonds is 3. The van der Waals surface area contributed by atoms with Crippen LogP contribution in [0.1, 0.15) is 15.2 Å². The topological polar surface area (TPSA) is 42.9 Å². The molecule has 0 radical (unpaired) electrons. The smallest absolute Gasteiger partial charge is 0.170 e. The van der Waals surface area contributed by atoms with Gasteiger partial charge in [-0.15, -0.1) is 11.3 Å². The monoisotopic (exact) mass is 288 g/mol. The minimum Gasteiger partial charge on any atom is -0.294 e. The zero-order valence-corrected chi connectivity index (χ0v) is 11.4. The van der Waals surface area contributed by atoms with Crippen molar-refractivity contribution in [1.29, 1.82) is 0 Å². The number of ketones is 1. The Labute approximate surface area is 118 Å². The molecule has 3 rings (SSSR count). The van der Waals surface area contributed by atoms with E-state index in [-0.39, 0.29) is 5.78 Å². The fraction of sp³-hybridized carbons (Fsp3) is 0.0714. The molecular formula is C14H9ClN2OS. The number of aromatic nitrogens is 2. The molecule has 0 bridgehead atoms. The molecule has 2 aromatic heterocycles. The standard InChI is InChI=1S/C14H9ClN2OS/c15-13-5-4-9(19-13)8-12(18)10-2-1-3-11-14(10)17-7-6-16-11/h1-7H,8H2. The van der Waals surface area contributed by atoms with Crippen molar-refractivity contribution in [1.82, 2.24) is 9.97 Å². The fourth-order valence-electron chi connectivity index (χ4n) is 1.92. The number of thiophene rings is 1. The van der Waals surface area contributed by atoms with Crippen LogP contribution in [-0.2, 0) is 6.42 Å². The SMILES string of the molecule is O=C(Cc1ccc(Cl)s1)c1cccc2nccnc12. The molecule has 0 spiro atoms. The van der Waals surface area contributed by atoms with Crippen molar-refractivity contribution < 1.29 is 4.79 Å². The Morgan fingerprint density at radius 3 is 2.79 bits per heavy atom. The van der Waals surface area contributed by atoms with Gasteiger partial charge in [0.2, 0.25) is 0 Å². The number of hydrogen-bond donors (Lipinski definition) is 0. The van der Waals surface area contributed by atoms with E-state index in [9.17, 15) is 4.79 Å². The summed E-state index contributed by atoms with van der Waals surface area (Å²) in [4.78, 5) is 21.7. The highest BCUT2D eigenvalue weighted by Gasteiger charge is 2.13. The van der Waals surface area contributed by atoms with Crippen LogP contribution in [0.5, 0.6) is 0 Å². The molecule has 0 aliphatic heterocycles. The molecule has 1 aromatic carbocycles. The summed E-state index contributed by atoms with van der Waals surface area (Å²) in [6, 6.07) is 9.14. The molecule has 0 atom stereocenters. The molecule has 2 heterocycles. The number of fused-ring (bicyclic) bond motifs is 1. The number of carbonyl (C=O) groups excluding carboxylic acids is 1. The molecule has 3 nitrogen and oxygen atoms in total. The van der Waals surface area contributed by atoms with Crippen LogP contribution >= 0.6 is 22.9 Å². The Balaban J connectivity index is 1.97. The predicted molar refractivity (Wildman–Crippen MR) is 76.9 cm³/mol. The van der Waals surface area contributed by atoms with Gasteiger partial charge in [0.15, 0.2) is 5.78 Å². The lowest BCUT2D eigenvalue weighted by Crippen LogP contribution is -2.04. The van der Waals surface area contributed by atoms with Gasteiger partial charge in [-0.25, -0.2) is 0 Å². The maximum absolute atomic E-state index is 12.3. The fourth-order valence-corrected chi connectivity index (χ4v) is 3.00. The lowest BCUT2D eigenvalue weighted by molar-refractivity contribution is 0.0995. The summed E-state index contributed by atoms with van der Waals surface area (Å²) in [6.07, 6.45) is 3.56. The average molecular weight is 289 g/mol. The maximum atomic E-state index is 12.3. The second-order valence-corrected chi connectivity index (χ2v) is 5.84. The van der Waals surface area contributed by atoms with Crippen molar-refractivity contribution >= 4 is 39.8 Å². The molecule has 0 fully saturated rings. The summed E-state index contributed by atoms with van der Waals surface area (Å²) < 4.78 is 0.695. The lowest BCUT2D eigenvalue weighted by atomic mass is 10.1. The Hall–Kier alpha value is -1.78. The molecule has 94 valence electrons. The molecule has 0 saturated carbocycles. The highest BCUT2D eigenvalue weighted by Crippen LogP contribution is 2.24. The van der Waals surface area contributed by atoms with Crippen LogP contribution in [-0.4, -0.2) is 15.8 Å². The average Bonchev–Trinajstić information content (AvgIpc) is 2.83. The number of Topliss-reactive ketones (excluding diaryl/α,β-unsaturated/α-hetero) is 1. The molecule has 19 heavy (non-hydrogen) atoms. The van der Waals surface area contributed by atoms with Crippen LogP contribution in [0.4, 0.5) is 0 Å². The number of halogens is 1. The van der Waals surface area contributed by atoms with E-state index in [0.717, 1.165) is 10.4 Å². The number of para-hydroxylation sites is 1. The van der Waals surface area contributed by atoms with Crippen molar-refractivity contribution in [2.24, 2.45) is 0 Å². The minimum absolute atomic E-state index is 0.0321. The van der Waals surface area contributed by atoms with Gasteiger partial charge in [0.1, 0.15) is 0 Å². The molecule has 0 N–H and O–H groups in total. The summed E-state index contributed by atoms with van der Waals surface area (Å²) in [5.41, 5.74) is 1.99. The lowest BCUT2D eigenvalue weighted by Gasteiger charge is -2.03. The van der Waals surface area contributed by atoms with Crippen LogP contribution in [0.25, 0.3) is 11.0 Å². The number of benzene rings is 1. The van der Waals surface area contributed by atoms with Crippen molar-refractivity contribution in [3.8, 4) is 0 Å². The second kappa shape index (κ2) is 5.07. The zero-order valence-electron chi connectivity index (χ0n) is 9.84. The quantitative estimate of drug-likeness (QED) is 0.689. The van der Waals surface area contributed by atoms with Gasteiger partial charge >= 0.3 is 0 Å². The van der Waals surface area contributed by atoms with E-state index >= 15 is 0 Å². The third kappa shape index (κ3) is 2.50. The summed E-state index contributed by atoms with van der Waals surface area (Å²) in [7, 11) is 0. The molecule has 0 amide bonds. The normalized spacial score (nSPS) is 10.8. The first-order chi connectivity index (χ1) is 9.24. The molecule has 0 aliphatic carbocycles. The second-order valence-electron chi connectivity index (χ2n) is 4.04. The predicted octanol–water partition coefficient (Wildman–Crippen LogP) is 3.77. The van der Waals surface area contributed by atoms with Gasteiger partial charge in [-0.2, -0.15) is 0 Å². The van der Waals surface area contributed by atoms with E-state index < -0.39 is 0 Å². The van der Waals surface area contributed by atoms with Crippen LogP contribution in [0.3, 0.4) is 0 Å². The first-order valence-electron chi connectivity index (χ1n) is 5.71. The van der Waals surface area contributed by atoms with E-state index in [1.807, 2.05) is 18.2 Å². The molecule has 0 unspecified atom stereocenters. The molecule has 0 saturated heterocycles. The highest BCUT2D eigenvalue weighted by atomic mass is 35.5. The number of carbonyl (C=O) groups is 1. The Kier molecular flexibility index (Phi) is 3.27. The minimum atomic E-state index is 0.0321. The number of nitrogens with zero attached hydrogens (tertiary/aromatic N) is 2. The number of hydrogen-bond acceptors (Lipinski definition) is 4. The van der Waals surface area contributed by atoms with Crippen LogP contribution in [0.15, 0.2) is 42.7 Å². The van der Waals surface area contributed by atoms with Gasteiger partial charge in [0, 0.05) is 29.3 Å². The van der Waals surface area contributed by atoms with E-state index in [1.54, 1.807) is 24.5 Å². The molecule has 3 aromatic rings. The first-order valence-corrected chi connectivity index (χ1v) is 6.90. The van der Waals surface area contributed by atoms with E-state index in [4.69, 9.17) is 11.6 Å². The van der Waals surface area contributed by atoms with Gasteiger partial charge < -0.3 is 0 Å². The van der Waals surface area contributed by atoms with Crippen LogP contribution in [0, 0.1) is 0 Å². The Morgan fingerprint density at radius 2 is 2.00 bits per heavy atom. The third-order valence-corrected chi connectivity index (χ3v) is 3.99.